The zero-order valence-electron chi connectivity index (χ0n) is 16.1. The third-order valence-corrected chi connectivity index (χ3v) is 8.57. The van der Waals surface area contributed by atoms with Gasteiger partial charge >= 0.3 is 6.18 Å². The molecule has 152 valence electrons. The standard InChI is InChI=1S/C19H28F3N3OS/c1-12(2)25-16(8-17(23-25)19(20,21)22)15-7-14(6-13(15)3)24-5-4-18(9-24)10-27(26)11-18/h8,12-15H,4-7,9-11H2,1-3H3/t13?,14?,15-,18?,27?/m1/s1. The van der Waals surface area contributed by atoms with Crippen LogP contribution in [0.25, 0.3) is 0 Å². The SMILES string of the molecule is CC1CC(N2CCC3(C2)CS(=O)C3)C[C@H]1c1cc(C(F)(F)F)nn1C(C)C. The third-order valence-electron chi connectivity index (χ3n) is 6.70. The van der Waals surface area contributed by atoms with Crippen LogP contribution in [0.3, 0.4) is 0 Å². The Morgan fingerprint density at radius 2 is 2.00 bits per heavy atom. The highest BCUT2D eigenvalue weighted by molar-refractivity contribution is 7.86. The lowest BCUT2D eigenvalue weighted by atomic mass is 9.91. The van der Waals surface area contributed by atoms with E-state index >= 15 is 0 Å². The first kappa shape index (κ1) is 19.4. The molecule has 2 unspecified atom stereocenters. The molecule has 1 spiro atoms. The summed E-state index contributed by atoms with van der Waals surface area (Å²) in [7, 11) is -0.640. The van der Waals surface area contributed by atoms with E-state index in [0.717, 1.165) is 49.6 Å². The molecule has 3 heterocycles. The maximum absolute atomic E-state index is 13.2. The molecule has 4 nitrogen and oxygen atoms in total. The molecule has 8 heteroatoms. The minimum Gasteiger partial charge on any atom is -0.300 e. The van der Waals surface area contributed by atoms with Gasteiger partial charge < -0.3 is 0 Å². The molecule has 3 fully saturated rings. The maximum atomic E-state index is 13.2. The fourth-order valence-electron chi connectivity index (χ4n) is 5.32. The van der Waals surface area contributed by atoms with Crippen molar-refractivity contribution in [2.75, 3.05) is 24.6 Å². The summed E-state index contributed by atoms with van der Waals surface area (Å²) in [5, 5.41) is 3.88. The van der Waals surface area contributed by atoms with E-state index in [-0.39, 0.29) is 17.4 Å². The van der Waals surface area contributed by atoms with Gasteiger partial charge in [-0.1, -0.05) is 6.92 Å². The molecule has 27 heavy (non-hydrogen) atoms. The van der Waals surface area contributed by atoms with Crippen molar-refractivity contribution in [1.82, 2.24) is 14.7 Å². The number of hydrogen-bond donors (Lipinski definition) is 0. The number of halogens is 3. The molecule has 1 aliphatic carbocycles. The topological polar surface area (TPSA) is 38.1 Å². The summed E-state index contributed by atoms with van der Waals surface area (Å²) in [6.45, 7) is 7.95. The molecule has 2 aliphatic heterocycles. The van der Waals surface area contributed by atoms with Crippen LogP contribution in [0.15, 0.2) is 6.07 Å². The van der Waals surface area contributed by atoms with Crippen molar-refractivity contribution >= 4 is 10.8 Å². The monoisotopic (exact) mass is 403 g/mol. The van der Waals surface area contributed by atoms with Gasteiger partial charge in [-0.2, -0.15) is 18.3 Å². The molecule has 0 aromatic carbocycles. The Labute approximate surface area is 160 Å². The van der Waals surface area contributed by atoms with Gasteiger partial charge in [0.1, 0.15) is 0 Å². The average Bonchev–Trinajstić information content (AvgIpc) is 3.21. The van der Waals surface area contributed by atoms with E-state index in [4.69, 9.17) is 0 Å². The van der Waals surface area contributed by atoms with E-state index < -0.39 is 22.7 Å². The first-order chi connectivity index (χ1) is 12.6. The molecule has 0 radical (unpaired) electrons. The first-order valence-electron chi connectivity index (χ1n) is 9.84. The number of likely N-dealkylation sites (tertiary alicyclic amines) is 1. The molecule has 4 rings (SSSR count). The number of aromatic nitrogens is 2. The second kappa shape index (κ2) is 6.58. The van der Waals surface area contributed by atoms with E-state index in [1.165, 1.54) is 6.07 Å². The Kier molecular flexibility index (Phi) is 4.73. The van der Waals surface area contributed by atoms with E-state index in [9.17, 15) is 17.4 Å². The van der Waals surface area contributed by atoms with Crippen LogP contribution in [0.4, 0.5) is 13.2 Å². The van der Waals surface area contributed by atoms with E-state index in [0.29, 0.717) is 12.0 Å². The minimum absolute atomic E-state index is 0.0950. The van der Waals surface area contributed by atoms with Crippen molar-refractivity contribution in [2.45, 2.75) is 64.2 Å². The van der Waals surface area contributed by atoms with Crippen molar-refractivity contribution in [3.05, 3.63) is 17.5 Å². The Morgan fingerprint density at radius 3 is 2.59 bits per heavy atom. The predicted octanol–water partition coefficient (Wildman–Crippen LogP) is 3.82. The summed E-state index contributed by atoms with van der Waals surface area (Å²) < 4.78 is 52.7. The molecule has 0 N–H and O–H groups in total. The van der Waals surface area contributed by atoms with Crippen molar-refractivity contribution in [2.24, 2.45) is 11.3 Å². The van der Waals surface area contributed by atoms with Gasteiger partial charge in [-0.15, -0.1) is 0 Å². The van der Waals surface area contributed by atoms with E-state index in [1.54, 1.807) is 4.68 Å². The zero-order chi connectivity index (χ0) is 19.6. The second-order valence-corrected chi connectivity index (χ2v) is 10.6. The van der Waals surface area contributed by atoms with Crippen molar-refractivity contribution in [3.8, 4) is 0 Å². The average molecular weight is 404 g/mol. The van der Waals surface area contributed by atoms with Crippen molar-refractivity contribution < 1.29 is 17.4 Å². The third kappa shape index (κ3) is 3.48. The first-order valence-corrected chi connectivity index (χ1v) is 11.3. The Morgan fingerprint density at radius 1 is 1.30 bits per heavy atom. The highest BCUT2D eigenvalue weighted by Gasteiger charge is 2.50. The van der Waals surface area contributed by atoms with Gasteiger partial charge in [-0.3, -0.25) is 13.8 Å². The van der Waals surface area contributed by atoms with Gasteiger partial charge in [0.05, 0.1) is 0 Å². The molecule has 0 amide bonds. The molecular formula is C19H28F3N3OS. The quantitative estimate of drug-likeness (QED) is 0.770. The lowest BCUT2D eigenvalue weighted by molar-refractivity contribution is -0.141. The molecule has 1 aromatic rings. The number of hydrogen-bond acceptors (Lipinski definition) is 3. The molecule has 0 bridgehead atoms. The summed E-state index contributed by atoms with van der Waals surface area (Å²) in [5.74, 6) is 2.08. The van der Waals surface area contributed by atoms with Crippen LogP contribution >= 0.6 is 0 Å². The highest BCUT2D eigenvalue weighted by atomic mass is 32.2. The fourth-order valence-corrected chi connectivity index (χ4v) is 7.07. The molecule has 3 atom stereocenters. The van der Waals surface area contributed by atoms with Gasteiger partial charge in [0.2, 0.25) is 0 Å². The van der Waals surface area contributed by atoms with Crippen LogP contribution in [0, 0.1) is 11.3 Å². The van der Waals surface area contributed by atoms with Crippen LogP contribution in [-0.4, -0.2) is 49.5 Å². The second-order valence-electron chi connectivity index (χ2n) is 9.15. The van der Waals surface area contributed by atoms with Gasteiger partial charge in [-0.25, -0.2) is 0 Å². The van der Waals surface area contributed by atoms with Gasteiger partial charge in [0.25, 0.3) is 0 Å². The summed E-state index contributed by atoms with van der Waals surface area (Å²) >= 11 is 0. The molecule has 1 aromatic heterocycles. The smallest absolute Gasteiger partial charge is 0.300 e. The lowest BCUT2D eigenvalue weighted by Gasteiger charge is -2.38. The fraction of sp³-hybridized carbons (Fsp3) is 0.842. The predicted molar refractivity (Wildman–Crippen MR) is 99.0 cm³/mol. The molecule has 1 saturated carbocycles. The van der Waals surface area contributed by atoms with Gasteiger partial charge in [0.15, 0.2) is 5.69 Å². The highest BCUT2D eigenvalue weighted by Crippen LogP contribution is 2.47. The summed E-state index contributed by atoms with van der Waals surface area (Å²) in [6, 6.07) is 1.58. The van der Waals surface area contributed by atoms with E-state index in [2.05, 4.69) is 16.9 Å². The number of rotatable bonds is 3. The van der Waals surface area contributed by atoms with Crippen molar-refractivity contribution in [3.63, 3.8) is 0 Å². The summed E-state index contributed by atoms with van der Waals surface area (Å²) in [5.41, 5.74) is 0.194. The van der Waals surface area contributed by atoms with Crippen molar-refractivity contribution in [1.29, 1.82) is 0 Å². The Balaban J connectivity index is 1.52. The van der Waals surface area contributed by atoms with Crippen LogP contribution in [-0.2, 0) is 17.0 Å². The van der Waals surface area contributed by atoms with Gasteiger partial charge in [-0.05, 0) is 51.6 Å². The Hall–Kier alpha value is -0.890. The molecular weight excluding hydrogens is 375 g/mol. The van der Waals surface area contributed by atoms with Crippen LogP contribution in [0.1, 0.15) is 63.4 Å². The minimum atomic E-state index is -4.41. The lowest BCUT2D eigenvalue weighted by Crippen LogP contribution is -2.47. The summed E-state index contributed by atoms with van der Waals surface area (Å²) in [6.07, 6.45) is -1.40. The normalized spacial score (nSPS) is 37.4. The van der Waals surface area contributed by atoms with Crippen LogP contribution in [0.5, 0.6) is 0 Å². The largest absolute Gasteiger partial charge is 0.435 e. The van der Waals surface area contributed by atoms with Crippen LogP contribution < -0.4 is 0 Å². The number of nitrogens with zero attached hydrogens (tertiary/aromatic N) is 3. The summed E-state index contributed by atoms with van der Waals surface area (Å²) in [4.78, 5) is 2.51. The zero-order valence-corrected chi connectivity index (χ0v) is 16.9. The van der Waals surface area contributed by atoms with E-state index in [1.807, 2.05) is 13.8 Å². The molecule has 3 aliphatic rings. The van der Waals surface area contributed by atoms with Gasteiger partial charge in [0, 0.05) is 58.0 Å². The molecule has 2 saturated heterocycles. The Bertz CT molecular complexity index is 737. The van der Waals surface area contributed by atoms with Crippen LogP contribution in [0.2, 0.25) is 0 Å². The number of alkyl halides is 3. The maximum Gasteiger partial charge on any atom is 0.435 e.